The van der Waals surface area contributed by atoms with Crippen molar-refractivity contribution < 1.29 is 22.4 Å². The van der Waals surface area contributed by atoms with Gasteiger partial charge in [0.25, 0.3) is 5.91 Å². The van der Waals surface area contributed by atoms with E-state index >= 15 is 0 Å². The van der Waals surface area contributed by atoms with E-state index in [-0.39, 0.29) is 23.5 Å². The first-order chi connectivity index (χ1) is 12.4. The molecule has 4 heterocycles. The molecule has 1 aromatic rings. The molecule has 140 valence electrons. The van der Waals surface area contributed by atoms with Crippen LogP contribution in [0.2, 0.25) is 0 Å². The Morgan fingerprint density at radius 1 is 1.27 bits per heavy atom. The van der Waals surface area contributed by atoms with Crippen molar-refractivity contribution in [3.05, 3.63) is 22.8 Å². The molecule has 3 saturated heterocycles. The second-order valence-corrected chi connectivity index (χ2v) is 10.3. The van der Waals surface area contributed by atoms with Gasteiger partial charge in [-0.1, -0.05) is 24.0 Å². The van der Waals surface area contributed by atoms with Crippen molar-refractivity contribution in [1.29, 1.82) is 0 Å². The van der Waals surface area contributed by atoms with Crippen molar-refractivity contribution in [3.8, 4) is 0 Å². The normalized spacial score (nSPS) is 27.7. The highest BCUT2D eigenvalue weighted by Crippen LogP contribution is 2.36. The third-order valence-corrected chi connectivity index (χ3v) is 7.69. The first kappa shape index (κ1) is 18.0. The monoisotopic (exact) mass is 414 g/mol. The number of hydrogen-bond acceptors (Lipinski definition) is 8. The van der Waals surface area contributed by atoms with Gasteiger partial charge in [0, 0.05) is 25.2 Å². The van der Waals surface area contributed by atoms with Crippen LogP contribution >= 0.6 is 24.0 Å². The lowest BCUT2D eigenvalue weighted by atomic mass is 10.2. The highest BCUT2D eigenvalue weighted by atomic mass is 32.2. The van der Waals surface area contributed by atoms with Crippen molar-refractivity contribution in [3.63, 3.8) is 0 Å². The molecular formula is C16H18N2O5S3. The van der Waals surface area contributed by atoms with E-state index in [1.807, 2.05) is 12.1 Å². The highest BCUT2D eigenvalue weighted by Gasteiger charge is 2.42. The Labute approximate surface area is 161 Å². The smallest absolute Gasteiger partial charge is 0.266 e. The standard InChI is InChI=1S/C16H18N2O5S3/c19-15-13(25-16(24)18(15)11-3-8-26(20,21)10-11)9-12-1-2-14(23-12)17-4-6-22-7-5-17/h1-2,9,11H,3-8,10H2/b13-9+/t11-/m1/s1. The van der Waals surface area contributed by atoms with Gasteiger partial charge in [0.15, 0.2) is 15.7 Å². The molecule has 0 N–H and O–H groups in total. The average molecular weight is 415 g/mol. The molecule has 3 aliphatic heterocycles. The Bertz CT molecular complexity index is 870. The number of furan rings is 1. The summed E-state index contributed by atoms with van der Waals surface area (Å²) in [6, 6.07) is 3.33. The van der Waals surface area contributed by atoms with Gasteiger partial charge < -0.3 is 14.1 Å². The molecule has 0 radical (unpaired) electrons. The van der Waals surface area contributed by atoms with Crippen molar-refractivity contribution in [2.24, 2.45) is 0 Å². The fourth-order valence-electron chi connectivity index (χ4n) is 3.28. The average Bonchev–Trinajstić information content (AvgIpc) is 3.28. The van der Waals surface area contributed by atoms with Gasteiger partial charge in [-0.05, 0) is 12.5 Å². The van der Waals surface area contributed by atoms with Gasteiger partial charge in [-0.25, -0.2) is 8.42 Å². The lowest BCUT2D eigenvalue weighted by Crippen LogP contribution is -2.39. The minimum atomic E-state index is -3.08. The first-order valence-electron chi connectivity index (χ1n) is 8.33. The zero-order valence-corrected chi connectivity index (χ0v) is 16.4. The van der Waals surface area contributed by atoms with E-state index in [0.29, 0.717) is 34.6 Å². The number of morpholine rings is 1. The van der Waals surface area contributed by atoms with Crippen molar-refractivity contribution >= 4 is 56.0 Å². The zero-order chi connectivity index (χ0) is 18.3. The molecule has 1 amide bonds. The van der Waals surface area contributed by atoms with Gasteiger partial charge in [-0.15, -0.1) is 0 Å². The summed E-state index contributed by atoms with van der Waals surface area (Å²) >= 11 is 6.50. The van der Waals surface area contributed by atoms with Crippen LogP contribution in [0.3, 0.4) is 0 Å². The summed E-state index contributed by atoms with van der Waals surface area (Å²) in [5.41, 5.74) is 0. The number of anilines is 1. The van der Waals surface area contributed by atoms with Crippen LogP contribution in [0.1, 0.15) is 12.2 Å². The molecular weight excluding hydrogens is 396 g/mol. The largest absolute Gasteiger partial charge is 0.441 e. The van der Waals surface area contributed by atoms with E-state index in [1.54, 1.807) is 6.08 Å². The Balaban J connectivity index is 1.50. The molecule has 26 heavy (non-hydrogen) atoms. The zero-order valence-electron chi connectivity index (χ0n) is 13.9. The van der Waals surface area contributed by atoms with Crippen LogP contribution in [-0.4, -0.2) is 67.4 Å². The number of hydrogen-bond donors (Lipinski definition) is 0. The third-order valence-electron chi connectivity index (χ3n) is 4.61. The second-order valence-electron chi connectivity index (χ2n) is 6.38. The lowest BCUT2D eigenvalue weighted by Gasteiger charge is -2.26. The molecule has 0 unspecified atom stereocenters. The molecule has 10 heteroatoms. The maximum absolute atomic E-state index is 12.7. The number of carbonyl (C=O) groups excluding carboxylic acids is 1. The Morgan fingerprint density at radius 3 is 2.73 bits per heavy atom. The summed E-state index contributed by atoms with van der Waals surface area (Å²) in [7, 11) is -3.08. The molecule has 7 nitrogen and oxygen atoms in total. The summed E-state index contributed by atoms with van der Waals surface area (Å²) in [5.74, 6) is 1.16. The minimum Gasteiger partial charge on any atom is -0.441 e. The van der Waals surface area contributed by atoms with Crippen LogP contribution in [0.5, 0.6) is 0 Å². The fraction of sp³-hybridized carbons (Fsp3) is 0.500. The second kappa shape index (κ2) is 6.99. The quantitative estimate of drug-likeness (QED) is 0.544. The van der Waals surface area contributed by atoms with Gasteiger partial charge in [-0.3, -0.25) is 9.69 Å². The van der Waals surface area contributed by atoms with E-state index in [4.69, 9.17) is 21.4 Å². The van der Waals surface area contributed by atoms with Gasteiger partial charge in [0.2, 0.25) is 0 Å². The molecule has 1 aromatic heterocycles. The molecule has 4 rings (SSSR count). The van der Waals surface area contributed by atoms with Crippen LogP contribution in [0, 0.1) is 0 Å². The molecule has 0 aliphatic carbocycles. The summed E-state index contributed by atoms with van der Waals surface area (Å²) in [6.07, 6.45) is 2.11. The number of thioether (sulfide) groups is 1. The number of amides is 1. The summed E-state index contributed by atoms with van der Waals surface area (Å²) in [4.78, 5) is 16.7. The summed E-state index contributed by atoms with van der Waals surface area (Å²) < 4.78 is 35.0. The Morgan fingerprint density at radius 2 is 2.04 bits per heavy atom. The highest BCUT2D eigenvalue weighted by molar-refractivity contribution is 8.26. The van der Waals surface area contributed by atoms with E-state index in [9.17, 15) is 13.2 Å². The Hall–Kier alpha value is -1.36. The van der Waals surface area contributed by atoms with Crippen LogP contribution in [0.25, 0.3) is 6.08 Å². The number of ether oxygens (including phenoxy) is 1. The maximum atomic E-state index is 12.7. The molecule has 3 fully saturated rings. The van der Waals surface area contributed by atoms with Gasteiger partial charge in [-0.2, -0.15) is 0 Å². The van der Waals surface area contributed by atoms with Crippen molar-refractivity contribution in [1.82, 2.24) is 4.90 Å². The predicted molar refractivity (Wildman–Crippen MR) is 104 cm³/mol. The van der Waals surface area contributed by atoms with Crippen LogP contribution < -0.4 is 4.90 Å². The molecule has 0 bridgehead atoms. The number of thiocarbonyl (C=S) groups is 1. The molecule has 1 atom stereocenters. The lowest BCUT2D eigenvalue weighted by molar-refractivity contribution is -0.123. The summed E-state index contributed by atoms with van der Waals surface area (Å²) in [5, 5.41) is 0. The van der Waals surface area contributed by atoms with Crippen molar-refractivity contribution in [2.45, 2.75) is 12.5 Å². The predicted octanol–water partition coefficient (Wildman–Crippen LogP) is 1.50. The van der Waals surface area contributed by atoms with Gasteiger partial charge >= 0.3 is 0 Å². The molecule has 0 saturated carbocycles. The first-order valence-corrected chi connectivity index (χ1v) is 11.4. The minimum absolute atomic E-state index is 0.0192. The number of rotatable bonds is 3. The summed E-state index contributed by atoms with van der Waals surface area (Å²) in [6.45, 7) is 2.87. The third kappa shape index (κ3) is 3.55. The van der Waals surface area contributed by atoms with E-state index in [2.05, 4.69) is 4.90 Å². The van der Waals surface area contributed by atoms with Crippen molar-refractivity contribution in [2.75, 3.05) is 42.7 Å². The fourth-order valence-corrected chi connectivity index (χ4v) is 6.36. The van der Waals surface area contributed by atoms with Gasteiger partial charge in [0.1, 0.15) is 10.1 Å². The molecule has 0 aromatic carbocycles. The Kier molecular flexibility index (Phi) is 4.84. The SMILES string of the molecule is O=C1/C(=C\c2ccc(N3CCOCC3)o2)SC(=S)N1[C@@H]1CCS(=O)(=O)C1. The number of sulfone groups is 1. The topological polar surface area (TPSA) is 80.1 Å². The van der Waals surface area contributed by atoms with E-state index < -0.39 is 9.84 Å². The number of nitrogens with zero attached hydrogens (tertiary/aromatic N) is 2. The van der Waals surface area contributed by atoms with Crippen LogP contribution in [0.15, 0.2) is 21.5 Å². The molecule has 3 aliphatic rings. The number of carbonyl (C=O) groups is 1. The van der Waals surface area contributed by atoms with Gasteiger partial charge in [0.05, 0.1) is 35.7 Å². The van der Waals surface area contributed by atoms with Crippen LogP contribution in [0.4, 0.5) is 5.88 Å². The maximum Gasteiger partial charge on any atom is 0.266 e. The van der Waals surface area contributed by atoms with E-state index in [1.165, 1.54) is 16.7 Å². The van der Waals surface area contributed by atoms with Crippen LogP contribution in [-0.2, 0) is 19.4 Å². The molecule has 0 spiro atoms. The van der Waals surface area contributed by atoms with E-state index in [0.717, 1.165) is 19.0 Å².